The molecular weight excluding hydrogens is 450 g/mol. The van der Waals surface area contributed by atoms with E-state index in [2.05, 4.69) is 26.8 Å². The Labute approximate surface area is 209 Å². The average molecular weight is 490 g/mol. The number of carbonyl (C=O) groups excluding carboxylic acids is 3. The molecule has 5 nitrogen and oxygen atoms in total. The molecule has 1 amide bonds. The number of fused-ring (bicyclic) bond motifs is 5. The number of nitrogens with zero attached hydrogens (tertiary/aromatic N) is 1. The highest BCUT2D eigenvalue weighted by molar-refractivity contribution is 6.17. The van der Waals surface area contributed by atoms with E-state index >= 15 is 0 Å². The Bertz CT molecular complexity index is 941. The van der Waals surface area contributed by atoms with E-state index in [1.54, 1.807) is 11.9 Å². The van der Waals surface area contributed by atoms with Crippen molar-refractivity contribution in [2.45, 2.75) is 84.7 Å². The monoisotopic (exact) mass is 489 g/mol. The lowest BCUT2D eigenvalue weighted by Crippen LogP contribution is -2.61. The SMILES string of the molecule is CCN(C)C(=O)C1(OC(=O)CCCCl)CCC2C3C=C(C)C4=CC(=O)CCC4(C)C3CCC21C. The molecule has 6 unspecified atom stereocenters. The Hall–Kier alpha value is -1.62. The van der Waals surface area contributed by atoms with Gasteiger partial charge in [0.25, 0.3) is 5.91 Å². The lowest BCUT2D eigenvalue weighted by atomic mass is 9.47. The molecular formula is C28H40ClNO4. The number of ether oxygens (including phenoxy) is 1. The van der Waals surface area contributed by atoms with Gasteiger partial charge in [-0.25, -0.2) is 0 Å². The van der Waals surface area contributed by atoms with Crippen LogP contribution in [-0.4, -0.2) is 47.6 Å². The summed E-state index contributed by atoms with van der Waals surface area (Å²) in [5, 5.41) is 0. The summed E-state index contributed by atoms with van der Waals surface area (Å²) in [5.41, 5.74) is 0.856. The van der Waals surface area contributed by atoms with E-state index < -0.39 is 11.0 Å². The number of alkyl halides is 1. The number of rotatable bonds is 6. The van der Waals surface area contributed by atoms with Gasteiger partial charge in [-0.3, -0.25) is 14.4 Å². The molecule has 4 rings (SSSR count). The zero-order valence-electron chi connectivity index (χ0n) is 21.4. The third-order valence-electron chi connectivity index (χ3n) is 9.92. The third-order valence-corrected chi connectivity index (χ3v) is 10.2. The van der Waals surface area contributed by atoms with Crippen molar-refractivity contribution >= 4 is 29.3 Å². The van der Waals surface area contributed by atoms with Crippen molar-refractivity contribution in [2.75, 3.05) is 19.5 Å². The Balaban J connectivity index is 1.74. The second-order valence-corrected chi connectivity index (χ2v) is 11.9. The molecule has 0 aromatic heterocycles. The van der Waals surface area contributed by atoms with E-state index in [0.29, 0.717) is 43.5 Å². The smallest absolute Gasteiger partial charge is 0.306 e. The summed E-state index contributed by atoms with van der Waals surface area (Å²) in [6, 6.07) is 0. The molecule has 2 saturated carbocycles. The third kappa shape index (κ3) is 3.68. The van der Waals surface area contributed by atoms with E-state index in [0.717, 1.165) is 25.7 Å². The predicted octanol–water partition coefficient (Wildman–Crippen LogP) is 5.46. The first-order valence-electron chi connectivity index (χ1n) is 13.0. The summed E-state index contributed by atoms with van der Waals surface area (Å²) in [6.45, 7) is 9.20. The number of amides is 1. The van der Waals surface area contributed by atoms with Gasteiger partial charge in [-0.15, -0.1) is 11.6 Å². The largest absolute Gasteiger partial charge is 0.448 e. The molecule has 0 aromatic rings. The lowest BCUT2D eigenvalue weighted by molar-refractivity contribution is -0.194. The highest BCUT2D eigenvalue weighted by Gasteiger charge is 2.69. The van der Waals surface area contributed by atoms with E-state index in [1.165, 1.54) is 11.1 Å². The van der Waals surface area contributed by atoms with E-state index in [1.807, 2.05) is 13.0 Å². The maximum absolute atomic E-state index is 13.9. The Kier molecular flexibility index (Phi) is 6.83. The van der Waals surface area contributed by atoms with Crippen LogP contribution in [0, 0.1) is 28.6 Å². The van der Waals surface area contributed by atoms with Gasteiger partial charge in [0.15, 0.2) is 11.4 Å². The van der Waals surface area contributed by atoms with Crippen LogP contribution in [0.25, 0.3) is 0 Å². The predicted molar refractivity (Wildman–Crippen MR) is 133 cm³/mol. The van der Waals surface area contributed by atoms with Crippen molar-refractivity contribution in [1.29, 1.82) is 0 Å². The Morgan fingerprint density at radius 1 is 1.18 bits per heavy atom. The van der Waals surface area contributed by atoms with Crippen molar-refractivity contribution in [3.8, 4) is 0 Å². The van der Waals surface area contributed by atoms with Gasteiger partial charge in [-0.2, -0.15) is 0 Å². The molecule has 188 valence electrons. The van der Waals surface area contributed by atoms with Crippen LogP contribution in [0.1, 0.15) is 79.1 Å². The van der Waals surface area contributed by atoms with Crippen LogP contribution in [0.4, 0.5) is 0 Å². The number of ketones is 1. The van der Waals surface area contributed by atoms with Gasteiger partial charge in [0, 0.05) is 37.7 Å². The van der Waals surface area contributed by atoms with Gasteiger partial charge in [0.1, 0.15) is 0 Å². The summed E-state index contributed by atoms with van der Waals surface area (Å²) in [4.78, 5) is 40.7. The van der Waals surface area contributed by atoms with Crippen LogP contribution in [0.3, 0.4) is 0 Å². The standard InChI is InChI=1S/C28H40ClNO4/c1-6-30(5)25(33)28(34-24(32)8-7-15-29)14-11-22-20-16-18(2)23-17-19(31)9-12-26(23,3)21(20)10-13-27(22,28)4/h16-17,20-22H,6-15H2,1-5H3. The number of carbonyl (C=O) groups is 3. The van der Waals surface area contributed by atoms with E-state index in [4.69, 9.17) is 16.3 Å². The fraction of sp³-hybridized carbons (Fsp3) is 0.750. The molecule has 0 spiro atoms. The molecule has 4 aliphatic carbocycles. The molecule has 0 radical (unpaired) electrons. The minimum absolute atomic E-state index is 0.00870. The first-order chi connectivity index (χ1) is 16.0. The molecule has 34 heavy (non-hydrogen) atoms. The lowest BCUT2D eigenvalue weighted by Gasteiger charge is -2.58. The number of esters is 1. The van der Waals surface area contributed by atoms with Crippen LogP contribution in [0.15, 0.2) is 23.3 Å². The highest BCUT2D eigenvalue weighted by atomic mass is 35.5. The van der Waals surface area contributed by atoms with E-state index in [9.17, 15) is 14.4 Å². The average Bonchev–Trinajstić information content (AvgIpc) is 3.11. The molecule has 0 aliphatic heterocycles. The van der Waals surface area contributed by atoms with E-state index in [-0.39, 0.29) is 35.4 Å². The summed E-state index contributed by atoms with van der Waals surface area (Å²) >= 11 is 5.82. The quantitative estimate of drug-likeness (QED) is 0.367. The topological polar surface area (TPSA) is 63.7 Å². The van der Waals surface area contributed by atoms with Gasteiger partial charge in [0.05, 0.1) is 0 Å². The molecule has 0 aromatic carbocycles. The first-order valence-corrected chi connectivity index (χ1v) is 13.5. The maximum Gasteiger partial charge on any atom is 0.306 e. The normalized spacial score (nSPS) is 38.8. The minimum atomic E-state index is -1.13. The highest BCUT2D eigenvalue weighted by Crippen LogP contribution is 2.68. The fourth-order valence-electron chi connectivity index (χ4n) is 7.89. The van der Waals surface area contributed by atoms with Gasteiger partial charge in [0.2, 0.25) is 0 Å². The second kappa shape index (κ2) is 9.11. The van der Waals surface area contributed by atoms with Crippen molar-refractivity contribution < 1.29 is 19.1 Å². The van der Waals surface area contributed by atoms with Crippen molar-refractivity contribution in [3.63, 3.8) is 0 Å². The van der Waals surface area contributed by atoms with Crippen LogP contribution in [0.2, 0.25) is 0 Å². The van der Waals surface area contributed by atoms with Gasteiger partial charge < -0.3 is 9.64 Å². The number of hydrogen-bond donors (Lipinski definition) is 0. The maximum atomic E-state index is 13.9. The Morgan fingerprint density at radius 3 is 2.56 bits per heavy atom. The molecule has 0 saturated heterocycles. The zero-order valence-corrected chi connectivity index (χ0v) is 22.2. The molecule has 0 N–H and O–H groups in total. The summed E-state index contributed by atoms with van der Waals surface area (Å²) in [6.07, 6.45) is 9.79. The van der Waals surface area contributed by atoms with Crippen LogP contribution < -0.4 is 0 Å². The molecule has 4 aliphatic rings. The summed E-state index contributed by atoms with van der Waals surface area (Å²) in [5.74, 6) is 1.26. The molecule has 6 heteroatoms. The zero-order chi connectivity index (χ0) is 24.9. The van der Waals surface area contributed by atoms with Crippen LogP contribution >= 0.6 is 11.6 Å². The number of halogens is 1. The number of allylic oxidation sites excluding steroid dienone is 4. The Morgan fingerprint density at radius 2 is 1.88 bits per heavy atom. The number of hydrogen-bond acceptors (Lipinski definition) is 4. The summed E-state index contributed by atoms with van der Waals surface area (Å²) in [7, 11) is 1.81. The fourth-order valence-corrected chi connectivity index (χ4v) is 8.02. The van der Waals surface area contributed by atoms with Crippen LogP contribution in [0.5, 0.6) is 0 Å². The van der Waals surface area contributed by atoms with Crippen molar-refractivity contribution in [3.05, 3.63) is 23.3 Å². The van der Waals surface area contributed by atoms with Gasteiger partial charge in [-0.05, 0) is 87.2 Å². The first kappa shape index (κ1) is 25.5. The number of likely N-dealkylation sites (N-methyl/N-ethyl adjacent to an activating group) is 1. The molecule has 0 heterocycles. The second-order valence-electron chi connectivity index (χ2n) is 11.5. The molecule has 2 fully saturated rings. The molecule has 0 bridgehead atoms. The van der Waals surface area contributed by atoms with Crippen molar-refractivity contribution in [2.24, 2.45) is 28.6 Å². The molecule has 6 atom stereocenters. The van der Waals surface area contributed by atoms with Gasteiger partial charge >= 0.3 is 5.97 Å². The van der Waals surface area contributed by atoms with Crippen LogP contribution in [-0.2, 0) is 19.1 Å². The summed E-state index contributed by atoms with van der Waals surface area (Å²) < 4.78 is 6.25. The minimum Gasteiger partial charge on any atom is -0.448 e. The van der Waals surface area contributed by atoms with Crippen molar-refractivity contribution in [1.82, 2.24) is 4.90 Å². The van der Waals surface area contributed by atoms with Gasteiger partial charge in [-0.1, -0.05) is 25.5 Å².